The third-order valence-corrected chi connectivity index (χ3v) is 2.07. The van der Waals surface area contributed by atoms with Crippen LogP contribution in [0.15, 0.2) is 29.4 Å². The van der Waals surface area contributed by atoms with Gasteiger partial charge < -0.3 is 15.2 Å². The molecule has 19 heavy (non-hydrogen) atoms. The van der Waals surface area contributed by atoms with Crippen molar-refractivity contribution in [3.05, 3.63) is 29.8 Å². The van der Waals surface area contributed by atoms with Crippen LogP contribution in [0.2, 0.25) is 0 Å². The van der Waals surface area contributed by atoms with Crippen LogP contribution in [0, 0.1) is 0 Å². The first-order chi connectivity index (χ1) is 9.13. The second-order valence-corrected chi connectivity index (χ2v) is 3.54. The van der Waals surface area contributed by atoms with Crippen LogP contribution in [0.1, 0.15) is 5.56 Å². The van der Waals surface area contributed by atoms with Crippen molar-refractivity contribution in [1.29, 1.82) is 0 Å². The summed E-state index contributed by atoms with van der Waals surface area (Å²) in [5.74, 6) is -1.50. The lowest BCUT2D eigenvalue weighted by atomic mass is 10.2. The number of phenols is 1. The fourth-order valence-electron chi connectivity index (χ4n) is 1.12. The normalized spacial score (nSPS) is 10.4. The van der Waals surface area contributed by atoms with Crippen molar-refractivity contribution in [2.75, 3.05) is 20.3 Å². The molecule has 0 unspecified atom stereocenters. The zero-order valence-corrected chi connectivity index (χ0v) is 10.4. The van der Waals surface area contributed by atoms with Crippen molar-refractivity contribution < 1.29 is 19.4 Å². The number of aromatic hydroxyl groups is 1. The van der Waals surface area contributed by atoms with Gasteiger partial charge in [0.1, 0.15) is 5.75 Å². The van der Waals surface area contributed by atoms with Gasteiger partial charge in [-0.3, -0.25) is 9.59 Å². The number of phenolic OH excluding ortho intramolecular Hbond substituents is 1. The zero-order valence-electron chi connectivity index (χ0n) is 10.4. The van der Waals surface area contributed by atoms with E-state index in [-0.39, 0.29) is 12.3 Å². The maximum atomic E-state index is 11.3. The van der Waals surface area contributed by atoms with Crippen molar-refractivity contribution >= 4 is 18.0 Å². The molecule has 0 saturated heterocycles. The number of nitrogens with zero attached hydrogens (tertiary/aromatic N) is 1. The molecular weight excluding hydrogens is 250 g/mol. The molecule has 7 nitrogen and oxygen atoms in total. The lowest BCUT2D eigenvalue weighted by Gasteiger charge is -2.02. The summed E-state index contributed by atoms with van der Waals surface area (Å²) in [6, 6.07) is 6.20. The van der Waals surface area contributed by atoms with E-state index in [0.29, 0.717) is 12.2 Å². The van der Waals surface area contributed by atoms with Gasteiger partial charge in [-0.25, -0.2) is 5.43 Å². The van der Waals surface area contributed by atoms with Crippen LogP contribution in [0.4, 0.5) is 0 Å². The lowest BCUT2D eigenvalue weighted by Crippen LogP contribution is -2.39. The Kier molecular flexibility index (Phi) is 6.04. The highest BCUT2D eigenvalue weighted by molar-refractivity contribution is 6.35. The van der Waals surface area contributed by atoms with Crippen molar-refractivity contribution in [3.8, 4) is 5.75 Å². The highest BCUT2D eigenvalue weighted by Crippen LogP contribution is 2.07. The van der Waals surface area contributed by atoms with Crippen LogP contribution in [-0.4, -0.2) is 43.4 Å². The van der Waals surface area contributed by atoms with Crippen LogP contribution < -0.4 is 10.7 Å². The van der Waals surface area contributed by atoms with Gasteiger partial charge in [0.05, 0.1) is 12.8 Å². The van der Waals surface area contributed by atoms with Crippen LogP contribution in [0.5, 0.6) is 5.75 Å². The summed E-state index contributed by atoms with van der Waals surface area (Å²) in [6.45, 7) is 0.584. The standard InChI is InChI=1S/C12H15N3O4/c1-19-7-6-13-11(17)12(18)15-14-8-9-2-4-10(16)5-3-9/h2-5,8,16H,6-7H2,1H3,(H,13,17)(H,15,18)/b14-8+. The predicted octanol–water partition coefficient (Wildman–Crippen LogP) is -0.395. The van der Waals surface area contributed by atoms with Crippen molar-refractivity contribution in [2.45, 2.75) is 0 Å². The van der Waals surface area contributed by atoms with Gasteiger partial charge in [-0.05, 0) is 29.8 Å². The summed E-state index contributed by atoms with van der Waals surface area (Å²) in [6.07, 6.45) is 1.36. The number of ether oxygens (including phenoxy) is 1. The summed E-state index contributed by atoms with van der Waals surface area (Å²) in [5.41, 5.74) is 2.77. The van der Waals surface area contributed by atoms with Crippen molar-refractivity contribution in [2.24, 2.45) is 5.10 Å². The summed E-state index contributed by atoms with van der Waals surface area (Å²) in [5, 5.41) is 15.0. The number of hydrazone groups is 1. The number of amides is 2. The van der Waals surface area contributed by atoms with Crippen molar-refractivity contribution in [1.82, 2.24) is 10.7 Å². The molecule has 102 valence electrons. The molecule has 2 amide bonds. The number of nitrogens with one attached hydrogen (secondary N) is 2. The molecule has 0 aliphatic carbocycles. The monoisotopic (exact) mass is 265 g/mol. The van der Waals surface area contributed by atoms with Gasteiger partial charge in [0.25, 0.3) is 0 Å². The third-order valence-electron chi connectivity index (χ3n) is 2.07. The van der Waals surface area contributed by atoms with Crippen LogP contribution >= 0.6 is 0 Å². The molecule has 0 aromatic heterocycles. The Morgan fingerprint density at radius 2 is 2.00 bits per heavy atom. The number of carbonyl (C=O) groups is 2. The topological polar surface area (TPSA) is 100 Å². The average molecular weight is 265 g/mol. The van der Waals surface area contributed by atoms with Gasteiger partial charge in [-0.2, -0.15) is 5.10 Å². The van der Waals surface area contributed by atoms with E-state index in [1.807, 2.05) is 0 Å². The number of rotatable bonds is 5. The van der Waals surface area contributed by atoms with Gasteiger partial charge in [0, 0.05) is 13.7 Å². The van der Waals surface area contributed by atoms with Gasteiger partial charge in [-0.15, -0.1) is 0 Å². The molecule has 0 aliphatic heterocycles. The number of hydrogen-bond donors (Lipinski definition) is 3. The van der Waals surface area contributed by atoms with E-state index < -0.39 is 11.8 Å². The molecule has 0 atom stereocenters. The van der Waals surface area contributed by atoms with E-state index in [1.54, 1.807) is 12.1 Å². The SMILES string of the molecule is COCCNC(=O)C(=O)N/N=C/c1ccc(O)cc1. The average Bonchev–Trinajstić information content (AvgIpc) is 2.41. The van der Waals surface area contributed by atoms with Crippen LogP contribution in [-0.2, 0) is 14.3 Å². The van der Waals surface area contributed by atoms with E-state index in [9.17, 15) is 9.59 Å². The molecule has 1 aromatic rings. The zero-order chi connectivity index (χ0) is 14.1. The van der Waals surface area contributed by atoms with Crippen LogP contribution in [0.25, 0.3) is 0 Å². The van der Waals surface area contributed by atoms with E-state index in [2.05, 4.69) is 15.8 Å². The first-order valence-electron chi connectivity index (χ1n) is 5.52. The minimum absolute atomic E-state index is 0.138. The predicted molar refractivity (Wildman–Crippen MR) is 68.7 cm³/mol. The Morgan fingerprint density at radius 1 is 1.32 bits per heavy atom. The first kappa shape index (κ1) is 14.7. The van der Waals surface area contributed by atoms with Gasteiger partial charge in [-0.1, -0.05) is 0 Å². The minimum Gasteiger partial charge on any atom is -0.508 e. The second kappa shape index (κ2) is 7.83. The maximum Gasteiger partial charge on any atom is 0.329 e. The molecule has 1 aromatic carbocycles. The number of methoxy groups -OCH3 is 1. The Balaban J connectivity index is 2.36. The summed E-state index contributed by atoms with van der Waals surface area (Å²) in [4.78, 5) is 22.5. The van der Waals surface area contributed by atoms with Gasteiger partial charge in [0.2, 0.25) is 0 Å². The fraction of sp³-hybridized carbons (Fsp3) is 0.250. The lowest BCUT2D eigenvalue weighted by molar-refractivity contribution is -0.139. The summed E-state index contributed by atoms with van der Waals surface area (Å²) in [7, 11) is 1.49. The first-order valence-corrected chi connectivity index (χ1v) is 5.52. The molecule has 0 fully saturated rings. The van der Waals surface area contributed by atoms with Crippen LogP contribution in [0.3, 0.4) is 0 Å². The molecule has 0 aliphatic rings. The highest BCUT2D eigenvalue weighted by atomic mass is 16.5. The van der Waals surface area contributed by atoms with E-state index in [1.165, 1.54) is 25.5 Å². The molecule has 0 heterocycles. The quantitative estimate of drug-likeness (QED) is 0.292. The second-order valence-electron chi connectivity index (χ2n) is 3.54. The maximum absolute atomic E-state index is 11.3. The van der Waals surface area contributed by atoms with Gasteiger partial charge in [0.15, 0.2) is 0 Å². The Morgan fingerprint density at radius 3 is 2.63 bits per heavy atom. The summed E-state index contributed by atoms with van der Waals surface area (Å²) >= 11 is 0. The molecule has 0 saturated carbocycles. The fourth-order valence-corrected chi connectivity index (χ4v) is 1.12. The molecule has 3 N–H and O–H groups in total. The summed E-state index contributed by atoms with van der Waals surface area (Å²) < 4.78 is 4.72. The highest BCUT2D eigenvalue weighted by Gasteiger charge is 2.10. The molecule has 1 rings (SSSR count). The number of hydrogen-bond acceptors (Lipinski definition) is 5. The third kappa shape index (κ3) is 5.64. The van der Waals surface area contributed by atoms with Crippen molar-refractivity contribution in [3.63, 3.8) is 0 Å². The molecular formula is C12H15N3O4. The molecule has 0 radical (unpaired) electrons. The van der Waals surface area contributed by atoms with E-state index in [0.717, 1.165) is 0 Å². The molecule has 7 heteroatoms. The Hall–Kier alpha value is -2.41. The smallest absolute Gasteiger partial charge is 0.329 e. The number of carbonyl (C=O) groups excluding carboxylic acids is 2. The van der Waals surface area contributed by atoms with E-state index >= 15 is 0 Å². The van der Waals surface area contributed by atoms with E-state index in [4.69, 9.17) is 9.84 Å². The Labute approximate surface area is 110 Å². The largest absolute Gasteiger partial charge is 0.508 e. The van der Waals surface area contributed by atoms with Gasteiger partial charge >= 0.3 is 11.8 Å². The Bertz CT molecular complexity index is 457. The molecule has 0 bridgehead atoms. The number of benzene rings is 1. The molecule has 0 spiro atoms. The minimum atomic E-state index is -0.855.